The summed E-state index contributed by atoms with van der Waals surface area (Å²) in [5.74, 6) is -2.68. The van der Waals surface area contributed by atoms with E-state index in [4.69, 9.17) is 5.11 Å². The van der Waals surface area contributed by atoms with E-state index in [0.717, 1.165) is 0 Å². The Morgan fingerprint density at radius 3 is 2.19 bits per heavy atom. The molecule has 1 heterocycles. The van der Waals surface area contributed by atoms with Gasteiger partial charge in [-0.25, -0.2) is 4.98 Å². The number of carbonyl (C=O) groups is 1. The predicted octanol–water partition coefficient (Wildman–Crippen LogP) is 3.52. The quantitative estimate of drug-likeness (QED) is 0.640. The van der Waals surface area contributed by atoms with Crippen molar-refractivity contribution in [3.63, 3.8) is 0 Å². The highest BCUT2D eigenvalue weighted by Gasteiger charge is 2.39. The minimum absolute atomic E-state index is 0.209. The molecule has 11 heteroatoms. The second-order valence-corrected chi connectivity index (χ2v) is 4.24. The predicted molar refractivity (Wildman–Crippen MR) is 59.9 cm³/mol. The third-order valence-electron chi connectivity index (χ3n) is 2.21. The minimum Gasteiger partial charge on any atom is -0.481 e. The standard InChI is InChI=1S/C10H6BrF6NO3/c11-2-5-4(1-7(19)20)6(21-10(15,16)17)3-18-8(5)9(12,13)14/h3H,1-2H2,(H,19,20). The van der Waals surface area contributed by atoms with Gasteiger partial charge < -0.3 is 9.84 Å². The molecule has 21 heavy (non-hydrogen) atoms. The molecule has 1 aromatic heterocycles. The summed E-state index contributed by atoms with van der Waals surface area (Å²) in [6, 6.07) is 0. The first kappa shape index (κ1) is 17.5. The maximum Gasteiger partial charge on any atom is 0.573 e. The average molecular weight is 382 g/mol. The molecule has 1 rings (SSSR count). The van der Waals surface area contributed by atoms with Gasteiger partial charge in [-0.2, -0.15) is 13.2 Å². The number of aliphatic carboxylic acids is 1. The third-order valence-corrected chi connectivity index (χ3v) is 2.78. The molecular formula is C10H6BrF6NO3. The molecule has 0 amide bonds. The molecule has 1 N–H and O–H groups in total. The largest absolute Gasteiger partial charge is 0.573 e. The molecule has 0 spiro atoms. The first-order valence-corrected chi connectivity index (χ1v) is 6.19. The van der Waals surface area contributed by atoms with Crippen LogP contribution in [0.3, 0.4) is 0 Å². The Kier molecular flexibility index (Phi) is 5.07. The van der Waals surface area contributed by atoms with Crippen LogP contribution in [0.5, 0.6) is 5.75 Å². The molecule has 0 atom stereocenters. The molecule has 0 radical (unpaired) electrons. The van der Waals surface area contributed by atoms with Crippen LogP contribution in [0, 0.1) is 0 Å². The van der Waals surface area contributed by atoms with Gasteiger partial charge in [0.05, 0.1) is 12.6 Å². The van der Waals surface area contributed by atoms with E-state index in [9.17, 15) is 31.1 Å². The number of halogens is 7. The van der Waals surface area contributed by atoms with E-state index < -0.39 is 52.8 Å². The molecule has 0 saturated heterocycles. The van der Waals surface area contributed by atoms with E-state index in [1.807, 2.05) is 0 Å². The summed E-state index contributed by atoms with van der Waals surface area (Å²) in [5, 5.41) is 8.11. The molecule has 4 nitrogen and oxygen atoms in total. The van der Waals surface area contributed by atoms with E-state index in [1.165, 1.54) is 0 Å². The molecule has 0 fully saturated rings. The van der Waals surface area contributed by atoms with Crippen LogP contribution in [0.25, 0.3) is 0 Å². The first-order chi connectivity index (χ1) is 9.45. The van der Waals surface area contributed by atoms with Crippen molar-refractivity contribution in [3.05, 3.63) is 23.0 Å². The zero-order valence-corrected chi connectivity index (χ0v) is 11.4. The lowest BCUT2D eigenvalue weighted by Gasteiger charge is -2.18. The Morgan fingerprint density at radius 2 is 1.81 bits per heavy atom. The fraction of sp³-hybridized carbons (Fsp3) is 0.400. The molecule has 0 aliphatic carbocycles. The zero-order valence-electron chi connectivity index (χ0n) is 9.85. The highest BCUT2D eigenvalue weighted by Crippen LogP contribution is 2.37. The molecule has 0 aliphatic rings. The highest BCUT2D eigenvalue weighted by molar-refractivity contribution is 9.08. The lowest BCUT2D eigenvalue weighted by Crippen LogP contribution is -2.21. The second kappa shape index (κ2) is 6.08. The summed E-state index contributed by atoms with van der Waals surface area (Å²) < 4.78 is 78.3. The van der Waals surface area contributed by atoms with Gasteiger partial charge >= 0.3 is 18.5 Å². The number of carboxylic acids is 1. The van der Waals surface area contributed by atoms with E-state index in [0.29, 0.717) is 0 Å². The Labute approximate surface area is 121 Å². The normalized spacial score (nSPS) is 12.3. The Morgan fingerprint density at radius 1 is 1.24 bits per heavy atom. The van der Waals surface area contributed by atoms with Crippen LogP contribution in [-0.4, -0.2) is 22.4 Å². The Balaban J connectivity index is 3.50. The van der Waals surface area contributed by atoms with Crippen LogP contribution in [0.2, 0.25) is 0 Å². The molecular weight excluding hydrogens is 376 g/mol. The number of nitrogens with zero attached hydrogens (tertiary/aromatic N) is 1. The van der Waals surface area contributed by atoms with Crippen molar-refractivity contribution < 1.29 is 41.0 Å². The number of ether oxygens (including phenoxy) is 1. The second-order valence-electron chi connectivity index (χ2n) is 3.68. The molecule has 0 saturated carbocycles. The maximum atomic E-state index is 12.7. The highest BCUT2D eigenvalue weighted by atomic mass is 79.9. The van der Waals surface area contributed by atoms with Crippen molar-refractivity contribution in [3.8, 4) is 5.75 Å². The van der Waals surface area contributed by atoms with Crippen molar-refractivity contribution in [2.75, 3.05) is 0 Å². The summed E-state index contributed by atoms with van der Waals surface area (Å²) >= 11 is 2.69. The number of aromatic nitrogens is 1. The van der Waals surface area contributed by atoms with E-state index >= 15 is 0 Å². The number of rotatable bonds is 4. The molecule has 0 bridgehead atoms. The van der Waals surface area contributed by atoms with Gasteiger partial charge in [-0.3, -0.25) is 4.79 Å². The summed E-state index contributed by atoms with van der Waals surface area (Å²) in [4.78, 5) is 13.6. The lowest BCUT2D eigenvalue weighted by molar-refractivity contribution is -0.275. The fourth-order valence-corrected chi connectivity index (χ4v) is 2.12. The minimum atomic E-state index is -5.18. The van der Waals surface area contributed by atoms with Crippen LogP contribution in [0.4, 0.5) is 26.3 Å². The number of carboxylic acid groups (broad SMARTS) is 1. The van der Waals surface area contributed by atoms with Gasteiger partial charge in [0.25, 0.3) is 0 Å². The van der Waals surface area contributed by atoms with Crippen LogP contribution in [-0.2, 0) is 22.7 Å². The molecule has 0 aromatic carbocycles. The van der Waals surface area contributed by atoms with Crippen molar-refractivity contribution >= 4 is 21.9 Å². The fourth-order valence-electron chi connectivity index (χ4n) is 1.52. The van der Waals surface area contributed by atoms with Gasteiger partial charge in [0.1, 0.15) is 5.69 Å². The molecule has 1 aromatic rings. The van der Waals surface area contributed by atoms with Crippen LogP contribution in [0.1, 0.15) is 16.8 Å². The molecule has 118 valence electrons. The number of hydrogen-bond acceptors (Lipinski definition) is 3. The monoisotopic (exact) mass is 381 g/mol. The van der Waals surface area contributed by atoms with Gasteiger partial charge in [0.2, 0.25) is 0 Å². The van der Waals surface area contributed by atoms with E-state index in [1.54, 1.807) is 0 Å². The van der Waals surface area contributed by atoms with Crippen LogP contribution >= 0.6 is 15.9 Å². The van der Waals surface area contributed by atoms with E-state index in [-0.39, 0.29) is 6.20 Å². The molecule has 0 aliphatic heterocycles. The summed E-state index contributed by atoms with van der Waals surface area (Å²) in [6.45, 7) is 0. The van der Waals surface area contributed by atoms with Crippen molar-refractivity contribution in [1.29, 1.82) is 0 Å². The maximum absolute atomic E-state index is 12.7. The smallest absolute Gasteiger partial charge is 0.481 e. The van der Waals surface area contributed by atoms with Gasteiger partial charge in [0.15, 0.2) is 5.75 Å². The van der Waals surface area contributed by atoms with Crippen molar-refractivity contribution in [2.45, 2.75) is 24.3 Å². The van der Waals surface area contributed by atoms with Gasteiger partial charge in [0, 0.05) is 16.5 Å². The summed E-state index contributed by atoms with van der Waals surface area (Å²) in [7, 11) is 0. The van der Waals surface area contributed by atoms with Crippen molar-refractivity contribution in [1.82, 2.24) is 4.98 Å². The van der Waals surface area contributed by atoms with Gasteiger partial charge in [-0.05, 0) is 0 Å². The van der Waals surface area contributed by atoms with Crippen LogP contribution in [0.15, 0.2) is 6.20 Å². The zero-order chi connectivity index (χ0) is 16.4. The van der Waals surface area contributed by atoms with E-state index in [2.05, 4.69) is 25.7 Å². The number of alkyl halides is 7. The first-order valence-electron chi connectivity index (χ1n) is 5.07. The third kappa shape index (κ3) is 4.76. The Bertz CT molecular complexity index is 543. The van der Waals surface area contributed by atoms with Gasteiger partial charge in [-0.15, -0.1) is 13.2 Å². The number of pyridine rings is 1. The Hall–Kier alpha value is -1.52. The molecule has 0 unspecified atom stereocenters. The average Bonchev–Trinajstić information content (AvgIpc) is 2.26. The topological polar surface area (TPSA) is 59.4 Å². The SMILES string of the molecule is O=C(O)Cc1c(OC(F)(F)F)cnc(C(F)(F)F)c1CBr. The summed E-state index contributed by atoms with van der Waals surface area (Å²) in [6.07, 6.45) is -11.0. The summed E-state index contributed by atoms with van der Waals surface area (Å²) in [5.41, 5.74) is -2.92. The lowest BCUT2D eigenvalue weighted by atomic mass is 10.0. The van der Waals surface area contributed by atoms with Crippen molar-refractivity contribution in [2.24, 2.45) is 0 Å². The van der Waals surface area contributed by atoms with Crippen LogP contribution < -0.4 is 4.74 Å². The number of hydrogen-bond donors (Lipinski definition) is 1. The van der Waals surface area contributed by atoms with Gasteiger partial charge in [-0.1, -0.05) is 15.9 Å².